The molecule has 1 aliphatic heterocycles. The molecule has 1 fully saturated rings. The van der Waals surface area contributed by atoms with E-state index in [9.17, 15) is 9.59 Å². The number of rotatable bonds is 7. The third kappa shape index (κ3) is 6.20. The van der Waals surface area contributed by atoms with Crippen molar-refractivity contribution in [3.63, 3.8) is 0 Å². The van der Waals surface area contributed by atoms with Gasteiger partial charge in [-0.3, -0.25) is 14.5 Å². The molecule has 0 saturated carbocycles. The zero-order valence-corrected chi connectivity index (χ0v) is 14.9. The van der Waals surface area contributed by atoms with E-state index in [0.29, 0.717) is 39.0 Å². The minimum Gasteiger partial charge on any atom is -0.344 e. The first-order chi connectivity index (χ1) is 12.1. The Morgan fingerprint density at radius 3 is 2.48 bits per heavy atom. The Morgan fingerprint density at radius 1 is 1.16 bits per heavy atom. The van der Waals surface area contributed by atoms with E-state index in [4.69, 9.17) is 5.26 Å². The Kier molecular flexibility index (Phi) is 7.42. The normalized spacial score (nSPS) is 14.8. The molecule has 0 atom stereocenters. The highest BCUT2D eigenvalue weighted by Crippen LogP contribution is 2.08. The van der Waals surface area contributed by atoms with E-state index >= 15 is 0 Å². The maximum Gasteiger partial charge on any atom is 0.236 e. The smallest absolute Gasteiger partial charge is 0.236 e. The Morgan fingerprint density at radius 2 is 1.84 bits per heavy atom. The molecular weight excluding hydrogens is 316 g/mol. The van der Waals surface area contributed by atoms with Crippen LogP contribution in [0.3, 0.4) is 0 Å². The number of nitriles is 1. The Bertz CT molecular complexity index is 604. The van der Waals surface area contributed by atoms with Gasteiger partial charge in [0.25, 0.3) is 0 Å². The molecule has 1 aliphatic rings. The SMILES string of the molecule is CN(CCC#N)C(=O)CN1CCN(C(=O)CCc2ccccc2)CC1. The number of aryl methyl sites for hydroxylation is 1. The van der Waals surface area contributed by atoms with Crippen molar-refractivity contribution < 1.29 is 9.59 Å². The van der Waals surface area contributed by atoms with Crippen molar-refractivity contribution in [2.24, 2.45) is 0 Å². The second-order valence-electron chi connectivity index (χ2n) is 6.37. The van der Waals surface area contributed by atoms with Crippen LogP contribution in [-0.2, 0) is 16.0 Å². The molecule has 0 bridgehead atoms. The molecule has 134 valence electrons. The van der Waals surface area contributed by atoms with Gasteiger partial charge >= 0.3 is 0 Å². The molecule has 6 heteroatoms. The van der Waals surface area contributed by atoms with E-state index in [1.807, 2.05) is 41.3 Å². The summed E-state index contributed by atoms with van der Waals surface area (Å²) >= 11 is 0. The highest BCUT2D eigenvalue weighted by atomic mass is 16.2. The molecular formula is C19H26N4O2. The summed E-state index contributed by atoms with van der Waals surface area (Å²) in [5.74, 6) is 0.208. The summed E-state index contributed by atoms with van der Waals surface area (Å²) in [4.78, 5) is 30.0. The van der Waals surface area contributed by atoms with Gasteiger partial charge in [0.05, 0.1) is 19.0 Å². The van der Waals surface area contributed by atoms with Crippen LogP contribution in [0, 0.1) is 11.3 Å². The van der Waals surface area contributed by atoms with Gasteiger partial charge in [-0.15, -0.1) is 0 Å². The molecule has 1 aromatic carbocycles. The first kappa shape index (κ1) is 18.9. The third-order valence-corrected chi connectivity index (χ3v) is 4.54. The highest BCUT2D eigenvalue weighted by Gasteiger charge is 2.23. The van der Waals surface area contributed by atoms with Crippen molar-refractivity contribution in [2.75, 3.05) is 46.3 Å². The predicted octanol–water partition coefficient (Wildman–Crippen LogP) is 1.14. The van der Waals surface area contributed by atoms with Gasteiger partial charge in [-0.2, -0.15) is 5.26 Å². The summed E-state index contributed by atoms with van der Waals surface area (Å²) in [6.45, 7) is 3.59. The van der Waals surface area contributed by atoms with Crippen molar-refractivity contribution in [1.82, 2.24) is 14.7 Å². The fourth-order valence-corrected chi connectivity index (χ4v) is 2.86. The lowest BCUT2D eigenvalue weighted by atomic mass is 10.1. The van der Waals surface area contributed by atoms with E-state index < -0.39 is 0 Å². The number of nitrogens with zero attached hydrogens (tertiary/aromatic N) is 4. The van der Waals surface area contributed by atoms with Gasteiger partial charge in [0, 0.05) is 46.2 Å². The van der Waals surface area contributed by atoms with Crippen molar-refractivity contribution in [2.45, 2.75) is 19.3 Å². The predicted molar refractivity (Wildman–Crippen MR) is 95.7 cm³/mol. The fourth-order valence-electron chi connectivity index (χ4n) is 2.86. The molecule has 1 saturated heterocycles. The number of carbonyl (C=O) groups is 2. The maximum atomic E-state index is 12.3. The van der Waals surface area contributed by atoms with Crippen LogP contribution in [0.4, 0.5) is 0 Å². The molecule has 0 spiro atoms. The molecule has 0 radical (unpaired) electrons. The second-order valence-corrected chi connectivity index (χ2v) is 6.37. The van der Waals surface area contributed by atoms with Crippen LogP contribution < -0.4 is 0 Å². The average Bonchev–Trinajstić information content (AvgIpc) is 2.65. The van der Waals surface area contributed by atoms with E-state index in [-0.39, 0.29) is 11.8 Å². The minimum absolute atomic E-state index is 0.0269. The summed E-state index contributed by atoms with van der Waals surface area (Å²) in [7, 11) is 1.73. The third-order valence-electron chi connectivity index (χ3n) is 4.54. The van der Waals surface area contributed by atoms with E-state index in [1.54, 1.807) is 11.9 Å². The molecule has 2 amide bonds. The maximum absolute atomic E-state index is 12.3. The molecule has 6 nitrogen and oxygen atoms in total. The van der Waals surface area contributed by atoms with Crippen molar-refractivity contribution >= 4 is 11.8 Å². The largest absolute Gasteiger partial charge is 0.344 e. The van der Waals surface area contributed by atoms with Crippen LogP contribution in [0.2, 0.25) is 0 Å². The first-order valence-corrected chi connectivity index (χ1v) is 8.75. The standard InChI is InChI=1S/C19H26N4O2/c1-21(11-5-10-20)19(25)16-22-12-14-23(15-13-22)18(24)9-8-17-6-3-2-4-7-17/h2-4,6-7H,5,8-9,11-16H2,1H3. The molecule has 25 heavy (non-hydrogen) atoms. The summed E-state index contributed by atoms with van der Waals surface area (Å²) in [5, 5.41) is 8.58. The average molecular weight is 342 g/mol. The molecule has 0 aliphatic carbocycles. The van der Waals surface area contributed by atoms with Crippen LogP contribution in [0.25, 0.3) is 0 Å². The Hall–Kier alpha value is -2.39. The lowest BCUT2D eigenvalue weighted by Crippen LogP contribution is -2.51. The molecule has 2 rings (SSSR count). The van der Waals surface area contributed by atoms with Gasteiger partial charge < -0.3 is 9.80 Å². The molecule has 0 aromatic heterocycles. The van der Waals surface area contributed by atoms with Crippen LogP contribution in [-0.4, -0.2) is 72.8 Å². The summed E-state index contributed by atoms with van der Waals surface area (Å²) in [5.41, 5.74) is 1.18. The topological polar surface area (TPSA) is 67.7 Å². The lowest BCUT2D eigenvalue weighted by Gasteiger charge is -2.35. The van der Waals surface area contributed by atoms with Gasteiger partial charge in [-0.1, -0.05) is 30.3 Å². The number of benzene rings is 1. The van der Waals surface area contributed by atoms with Crippen LogP contribution in [0.5, 0.6) is 0 Å². The summed E-state index contributed by atoms with van der Waals surface area (Å²) in [6.07, 6.45) is 1.65. The van der Waals surface area contributed by atoms with Gasteiger partial charge in [0.15, 0.2) is 0 Å². The zero-order chi connectivity index (χ0) is 18.1. The quantitative estimate of drug-likeness (QED) is 0.745. The van der Waals surface area contributed by atoms with Crippen molar-refractivity contribution in [1.29, 1.82) is 5.26 Å². The number of amides is 2. The monoisotopic (exact) mass is 342 g/mol. The van der Waals surface area contributed by atoms with Crippen molar-refractivity contribution in [3.8, 4) is 6.07 Å². The van der Waals surface area contributed by atoms with Crippen LogP contribution >= 0.6 is 0 Å². The van der Waals surface area contributed by atoms with E-state index in [1.165, 1.54) is 5.56 Å². The number of hydrogen-bond acceptors (Lipinski definition) is 4. The van der Waals surface area contributed by atoms with Gasteiger partial charge in [0.1, 0.15) is 0 Å². The van der Waals surface area contributed by atoms with Gasteiger partial charge in [0.2, 0.25) is 11.8 Å². The first-order valence-electron chi connectivity index (χ1n) is 8.75. The number of hydrogen-bond donors (Lipinski definition) is 0. The lowest BCUT2D eigenvalue weighted by molar-refractivity contribution is -0.134. The number of piperazine rings is 1. The Balaban J connectivity index is 1.69. The second kappa shape index (κ2) is 9.80. The zero-order valence-electron chi connectivity index (χ0n) is 14.9. The van der Waals surface area contributed by atoms with E-state index in [0.717, 1.165) is 19.5 Å². The minimum atomic E-state index is 0.0269. The highest BCUT2D eigenvalue weighted by molar-refractivity contribution is 5.78. The molecule has 1 aromatic rings. The summed E-state index contributed by atoms with van der Waals surface area (Å²) in [6, 6.07) is 12.1. The Labute approximate surface area is 149 Å². The molecule has 0 unspecified atom stereocenters. The van der Waals surface area contributed by atoms with Crippen molar-refractivity contribution in [3.05, 3.63) is 35.9 Å². The summed E-state index contributed by atoms with van der Waals surface area (Å²) < 4.78 is 0. The fraction of sp³-hybridized carbons (Fsp3) is 0.526. The van der Waals surface area contributed by atoms with Crippen LogP contribution in [0.1, 0.15) is 18.4 Å². The number of carbonyl (C=O) groups excluding carboxylic acids is 2. The van der Waals surface area contributed by atoms with Crippen LogP contribution in [0.15, 0.2) is 30.3 Å². The van der Waals surface area contributed by atoms with Gasteiger partial charge in [-0.25, -0.2) is 0 Å². The number of likely N-dealkylation sites (N-methyl/N-ethyl adjacent to an activating group) is 1. The van der Waals surface area contributed by atoms with Gasteiger partial charge in [-0.05, 0) is 12.0 Å². The molecule has 1 heterocycles. The van der Waals surface area contributed by atoms with E-state index in [2.05, 4.69) is 4.90 Å². The molecule has 0 N–H and O–H groups in total.